The Bertz CT molecular complexity index is 1640. The van der Waals surface area contributed by atoms with Crippen LogP contribution in [0.2, 0.25) is 0 Å². The van der Waals surface area contributed by atoms with Gasteiger partial charge in [-0.15, -0.1) is 0 Å². The maximum Gasteiger partial charge on any atom is 0.412 e. The second-order valence-corrected chi connectivity index (χ2v) is 10.0. The van der Waals surface area contributed by atoms with Crippen molar-refractivity contribution in [3.63, 3.8) is 0 Å². The van der Waals surface area contributed by atoms with Crippen molar-refractivity contribution in [3.8, 4) is 5.75 Å². The predicted molar refractivity (Wildman–Crippen MR) is 153 cm³/mol. The Kier molecular flexibility index (Phi) is 9.47. The molecule has 0 bridgehead atoms. The zero-order chi connectivity index (χ0) is 31.2. The molecular weight excluding hydrogens is 552 g/mol. The normalized spacial score (nSPS) is 10.9. The number of nitrogens with zero attached hydrogens (tertiary/aromatic N) is 3. The Morgan fingerprint density at radius 2 is 1.76 bits per heavy atom. The molecule has 0 spiro atoms. The van der Waals surface area contributed by atoms with E-state index in [-0.39, 0.29) is 28.4 Å². The van der Waals surface area contributed by atoms with Gasteiger partial charge < -0.3 is 14.8 Å². The van der Waals surface area contributed by atoms with E-state index in [1.165, 1.54) is 44.5 Å². The van der Waals surface area contributed by atoms with Crippen molar-refractivity contribution in [3.05, 3.63) is 85.2 Å². The molecule has 1 aromatic heterocycles. The number of ether oxygens (including phenoxy) is 2. The van der Waals surface area contributed by atoms with E-state index >= 15 is 0 Å². The number of amides is 3. The molecule has 0 aliphatic carbocycles. The highest BCUT2D eigenvalue weighted by Gasteiger charge is 2.26. The van der Waals surface area contributed by atoms with Gasteiger partial charge in [0.05, 0.1) is 29.5 Å². The summed E-state index contributed by atoms with van der Waals surface area (Å²) in [6.45, 7) is 5.19. The number of aryl methyl sites for hydroxylation is 1. The summed E-state index contributed by atoms with van der Waals surface area (Å²) in [6.07, 6.45) is 0.372. The van der Waals surface area contributed by atoms with E-state index in [2.05, 4.69) is 15.6 Å². The van der Waals surface area contributed by atoms with Crippen molar-refractivity contribution >= 4 is 40.7 Å². The van der Waals surface area contributed by atoms with Crippen LogP contribution in [0.25, 0.3) is 0 Å². The molecule has 0 aliphatic heterocycles. The molecule has 3 rings (SSSR count). The standard InChI is InChI=1S/C27H30N6O9/c1-16-13-31(25(37)30-24(16)36)15-23(35)32(20-9-7-6-8-18(20)29-26(38)42-27(2,3)4)14-22(34)28-19-11-10-17(41-5)12-21(19)33(39)40/h6-13H,14-15H2,1-5H3,(H,28,34)(H,29,38)(H,30,36,37). The fourth-order valence-electron chi connectivity index (χ4n) is 3.73. The van der Waals surface area contributed by atoms with E-state index in [1.54, 1.807) is 32.9 Å². The quantitative estimate of drug-likeness (QED) is 0.251. The summed E-state index contributed by atoms with van der Waals surface area (Å²) in [4.78, 5) is 77.4. The van der Waals surface area contributed by atoms with E-state index in [0.29, 0.717) is 0 Å². The maximum absolute atomic E-state index is 13.6. The van der Waals surface area contributed by atoms with Gasteiger partial charge in [0.1, 0.15) is 30.1 Å². The average Bonchev–Trinajstić information content (AvgIpc) is 2.89. The molecule has 0 saturated carbocycles. The van der Waals surface area contributed by atoms with Crippen LogP contribution in [0.1, 0.15) is 26.3 Å². The van der Waals surface area contributed by atoms with Crippen molar-refractivity contribution in [2.45, 2.75) is 39.8 Å². The van der Waals surface area contributed by atoms with Gasteiger partial charge in [0.15, 0.2) is 0 Å². The molecule has 15 heteroatoms. The lowest BCUT2D eigenvalue weighted by molar-refractivity contribution is -0.384. The topological polar surface area (TPSA) is 195 Å². The minimum atomic E-state index is -0.850. The Balaban J connectivity index is 2.00. The number of methoxy groups -OCH3 is 1. The predicted octanol–water partition coefficient (Wildman–Crippen LogP) is 2.78. The second-order valence-electron chi connectivity index (χ2n) is 10.0. The number of para-hydroxylation sites is 2. The lowest BCUT2D eigenvalue weighted by Gasteiger charge is -2.26. The molecule has 0 unspecified atom stereocenters. The Hall–Kier alpha value is -5.47. The molecule has 2 aromatic carbocycles. The lowest BCUT2D eigenvalue weighted by atomic mass is 10.2. The fraction of sp³-hybridized carbons (Fsp3) is 0.296. The van der Waals surface area contributed by atoms with Gasteiger partial charge in [-0.2, -0.15) is 0 Å². The van der Waals surface area contributed by atoms with Crippen LogP contribution in [0.5, 0.6) is 5.75 Å². The van der Waals surface area contributed by atoms with Crippen LogP contribution >= 0.6 is 0 Å². The third kappa shape index (κ3) is 8.03. The van der Waals surface area contributed by atoms with E-state index in [1.807, 2.05) is 0 Å². The molecule has 0 fully saturated rings. The Morgan fingerprint density at radius 1 is 1.07 bits per heavy atom. The third-order valence-electron chi connectivity index (χ3n) is 5.60. The summed E-state index contributed by atoms with van der Waals surface area (Å²) >= 11 is 0. The summed E-state index contributed by atoms with van der Waals surface area (Å²) in [6, 6.07) is 9.88. The van der Waals surface area contributed by atoms with Crippen LogP contribution in [0, 0.1) is 17.0 Å². The minimum absolute atomic E-state index is 0.0712. The van der Waals surface area contributed by atoms with Crippen LogP contribution in [0.3, 0.4) is 0 Å². The van der Waals surface area contributed by atoms with Crippen LogP contribution in [-0.2, 0) is 20.9 Å². The second kappa shape index (κ2) is 12.8. The molecule has 0 saturated heterocycles. The first kappa shape index (κ1) is 31.1. The first-order chi connectivity index (χ1) is 19.7. The molecule has 42 heavy (non-hydrogen) atoms. The van der Waals surface area contributed by atoms with E-state index in [9.17, 15) is 34.1 Å². The molecule has 0 atom stereocenters. The maximum atomic E-state index is 13.6. The van der Waals surface area contributed by atoms with Crippen molar-refractivity contribution in [1.82, 2.24) is 9.55 Å². The summed E-state index contributed by atoms with van der Waals surface area (Å²) in [7, 11) is 1.33. The molecule has 15 nitrogen and oxygen atoms in total. The fourth-order valence-corrected chi connectivity index (χ4v) is 3.73. The van der Waals surface area contributed by atoms with Gasteiger partial charge in [-0.3, -0.25) is 44.3 Å². The number of nitro groups is 1. The minimum Gasteiger partial charge on any atom is -0.496 e. The number of carbonyl (C=O) groups excluding carboxylic acids is 3. The largest absolute Gasteiger partial charge is 0.496 e. The Labute approximate surface area is 239 Å². The highest BCUT2D eigenvalue weighted by molar-refractivity contribution is 6.06. The zero-order valence-electron chi connectivity index (χ0n) is 23.5. The zero-order valence-corrected chi connectivity index (χ0v) is 23.5. The third-order valence-corrected chi connectivity index (χ3v) is 5.60. The molecule has 3 amide bonds. The van der Waals surface area contributed by atoms with E-state index < -0.39 is 58.5 Å². The number of carbonyl (C=O) groups is 3. The highest BCUT2D eigenvalue weighted by atomic mass is 16.6. The van der Waals surface area contributed by atoms with Gasteiger partial charge in [-0.1, -0.05) is 12.1 Å². The molecule has 3 aromatic rings. The number of rotatable bonds is 9. The molecule has 1 heterocycles. The van der Waals surface area contributed by atoms with Gasteiger partial charge in [0.2, 0.25) is 11.8 Å². The number of H-pyrrole nitrogens is 1. The molecule has 222 valence electrons. The summed E-state index contributed by atoms with van der Waals surface area (Å²) < 4.78 is 11.3. The monoisotopic (exact) mass is 582 g/mol. The van der Waals surface area contributed by atoms with Crippen LogP contribution in [-0.4, -0.2) is 51.6 Å². The van der Waals surface area contributed by atoms with Crippen LogP contribution < -0.4 is 31.5 Å². The van der Waals surface area contributed by atoms with Crippen molar-refractivity contribution in [1.29, 1.82) is 0 Å². The SMILES string of the molecule is COc1ccc(NC(=O)CN(C(=O)Cn2cc(C)c(=O)[nH]c2=O)c2ccccc2NC(=O)OC(C)(C)C)c([N+](=O)[O-])c1. The molecule has 3 N–H and O–H groups in total. The van der Waals surface area contributed by atoms with Gasteiger partial charge in [0, 0.05) is 11.8 Å². The smallest absolute Gasteiger partial charge is 0.412 e. The summed E-state index contributed by atoms with van der Waals surface area (Å²) in [5, 5.41) is 16.6. The lowest BCUT2D eigenvalue weighted by Crippen LogP contribution is -2.43. The molecule has 0 aliphatic rings. The number of aromatic amines is 1. The van der Waals surface area contributed by atoms with Crippen molar-refractivity contribution in [2.24, 2.45) is 0 Å². The van der Waals surface area contributed by atoms with Crippen LogP contribution in [0.15, 0.2) is 58.3 Å². The molecule has 0 radical (unpaired) electrons. The number of nitro benzene ring substituents is 1. The van der Waals surface area contributed by atoms with Crippen molar-refractivity contribution < 1.29 is 28.8 Å². The van der Waals surface area contributed by atoms with E-state index in [4.69, 9.17) is 9.47 Å². The van der Waals surface area contributed by atoms with Crippen LogP contribution in [0.4, 0.5) is 27.5 Å². The average molecular weight is 583 g/mol. The highest BCUT2D eigenvalue weighted by Crippen LogP contribution is 2.30. The Morgan fingerprint density at radius 3 is 2.40 bits per heavy atom. The number of benzene rings is 2. The molecular formula is C27H30N6O9. The van der Waals surface area contributed by atoms with Gasteiger partial charge >= 0.3 is 11.8 Å². The van der Waals surface area contributed by atoms with Gasteiger partial charge in [-0.05, 0) is 52.0 Å². The number of aromatic nitrogens is 2. The summed E-state index contributed by atoms with van der Waals surface area (Å²) in [5.41, 5.74) is -2.54. The van der Waals surface area contributed by atoms with Crippen molar-refractivity contribution in [2.75, 3.05) is 29.2 Å². The number of anilines is 3. The van der Waals surface area contributed by atoms with Gasteiger partial charge in [0.25, 0.3) is 11.2 Å². The van der Waals surface area contributed by atoms with Gasteiger partial charge in [-0.25, -0.2) is 9.59 Å². The summed E-state index contributed by atoms with van der Waals surface area (Å²) in [5.74, 6) is -1.41. The first-order valence-electron chi connectivity index (χ1n) is 12.5. The first-order valence-corrected chi connectivity index (χ1v) is 12.5. The van der Waals surface area contributed by atoms with E-state index in [0.717, 1.165) is 15.5 Å². The number of hydrogen-bond donors (Lipinski definition) is 3. The number of hydrogen-bond acceptors (Lipinski definition) is 9. The number of nitrogens with one attached hydrogen (secondary N) is 3.